The molecule has 1 saturated heterocycles. The number of carbonyl (C=O) groups is 2. The van der Waals surface area contributed by atoms with E-state index in [1.165, 1.54) is 0 Å². The van der Waals surface area contributed by atoms with Gasteiger partial charge < -0.3 is 19.9 Å². The molecule has 3 rings (SSSR count). The molecular weight excluding hydrogens is 398 g/mol. The van der Waals surface area contributed by atoms with Crippen molar-refractivity contribution in [3.63, 3.8) is 0 Å². The molecule has 24 heavy (non-hydrogen) atoms. The maximum atomic E-state index is 12.5. The fourth-order valence-corrected chi connectivity index (χ4v) is 3.33. The van der Waals surface area contributed by atoms with Crippen molar-refractivity contribution in [3.05, 3.63) is 33.4 Å². The van der Waals surface area contributed by atoms with Gasteiger partial charge in [0.15, 0.2) is 0 Å². The highest BCUT2D eigenvalue weighted by Gasteiger charge is 2.25. The van der Waals surface area contributed by atoms with Gasteiger partial charge >= 0.3 is 0 Å². The lowest BCUT2D eigenvalue weighted by atomic mass is 10.2. The van der Waals surface area contributed by atoms with Gasteiger partial charge in [-0.1, -0.05) is 27.5 Å². The van der Waals surface area contributed by atoms with Crippen molar-refractivity contribution in [2.45, 2.75) is 13.0 Å². The normalized spacial score (nSPS) is 16.2. The number of rotatable bonds is 3. The Bertz CT molecular complexity index is 786. The SMILES string of the molecule is C[C@@H](NC(=O)c1[nH]c2ccc(Br)cc2c1Cl)C(=O)N1CCOCC1. The van der Waals surface area contributed by atoms with Crippen LogP contribution < -0.4 is 5.32 Å². The third-order valence-corrected chi connectivity index (χ3v) is 4.85. The fraction of sp³-hybridized carbons (Fsp3) is 0.375. The van der Waals surface area contributed by atoms with Gasteiger partial charge in [-0.2, -0.15) is 0 Å². The first-order chi connectivity index (χ1) is 11.5. The molecule has 0 unspecified atom stereocenters. The van der Waals surface area contributed by atoms with Crippen molar-refractivity contribution >= 4 is 50.2 Å². The van der Waals surface area contributed by atoms with E-state index in [2.05, 4.69) is 26.2 Å². The van der Waals surface area contributed by atoms with Crippen molar-refractivity contribution in [1.82, 2.24) is 15.2 Å². The Kier molecular flexibility index (Phi) is 5.12. The average molecular weight is 415 g/mol. The number of aromatic amines is 1. The van der Waals surface area contributed by atoms with Gasteiger partial charge in [0.05, 0.1) is 18.2 Å². The van der Waals surface area contributed by atoms with Gasteiger partial charge in [0, 0.05) is 28.5 Å². The smallest absolute Gasteiger partial charge is 0.269 e. The lowest BCUT2D eigenvalue weighted by Crippen LogP contribution is -2.50. The maximum absolute atomic E-state index is 12.5. The van der Waals surface area contributed by atoms with E-state index < -0.39 is 11.9 Å². The lowest BCUT2D eigenvalue weighted by molar-refractivity contribution is -0.136. The molecule has 2 heterocycles. The molecule has 0 spiro atoms. The molecule has 1 aromatic carbocycles. The molecule has 0 aliphatic carbocycles. The molecule has 0 bridgehead atoms. The number of morpholine rings is 1. The molecule has 0 saturated carbocycles. The predicted molar refractivity (Wildman–Crippen MR) is 95.3 cm³/mol. The number of nitrogens with one attached hydrogen (secondary N) is 2. The van der Waals surface area contributed by atoms with Gasteiger partial charge in [0.1, 0.15) is 11.7 Å². The molecule has 2 N–H and O–H groups in total. The number of benzene rings is 1. The Hall–Kier alpha value is -1.57. The highest BCUT2D eigenvalue weighted by Crippen LogP contribution is 2.29. The molecule has 1 fully saturated rings. The summed E-state index contributed by atoms with van der Waals surface area (Å²) < 4.78 is 6.11. The van der Waals surface area contributed by atoms with E-state index in [1.54, 1.807) is 11.8 Å². The Balaban J connectivity index is 1.74. The van der Waals surface area contributed by atoms with Crippen LogP contribution in [0.25, 0.3) is 10.9 Å². The molecule has 1 aliphatic rings. The van der Waals surface area contributed by atoms with Crippen LogP contribution in [0.1, 0.15) is 17.4 Å². The molecule has 6 nitrogen and oxygen atoms in total. The predicted octanol–water partition coefficient (Wildman–Crippen LogP) is 2.56. The number of nitrogens with zero attached hydrogens (tertiary/aromatic N) is 1. The fourth-order valence-electron chi connectivity index (χ4n) is 2.68. The number of carbonyl (C=O) groups excluding carboxylic acids is 2. The number of aromatic nitrogens is 1. The highest BCUT2D eigenvalue weighted by molar-refractivity contribution is 9.10. The molecule has 1 aliphatic heterocycles. The van der Waals surface area contributed by atoms with Crippen molar-refractivity contribution in [2.24, 2.45) is 0 Å². The van der Waals surface area contributed by atoms with Gasteiger partial charge in [-0.15, -0.1) is 0 Å². The van der Waals surface area contributed by atoms with E-state index in [0.717, 1.165) is 15.4 Å². The molecular formula is C16H17BrClN3O3. The molecule has 0 radical (unpaired) electrons. The van der Waals surface area contributed by atoms with Crippen LogP contribution in [0.3, 0.4) is 0 Å². The number of hydrogen-bond acceptors (Lipinski definition) is 3. The Morgan fingerprint density at radius 1 is 1.38 bits per heavy atom. The second kappa shape index (κ2) is 7.13. The molecule has 1 aromatic heterocycles. The van der Waals surface area contributed by atoms with Crippen molar-refractivity contribution < 1.29 is 14.3 Å². The Labute approximate surface area is 152 Å². The summed E-state index contributed by atoms with van der Waals surface area (Å²) >= 11 is 9.69. The number of fused-ring (bicyclic) bond motifs is 1. The summed E-state index contributed by atoms with van der Waals surface area (Å²) in [5.41, 5.74) is 1.02. The van der Waals surface area contributed by atoms with Crippen LogP contribution in [0.5, 0.6) is 0 Å². The van der Waals surface area contributed by atoms with Crippen LogP contribution in [-0.4, -0.2) is 54.0 Å². The number of hydrogen-bond donors (Lipinski definition) is 2. The lowest BCUT2D eigenvalue weighted by Gasteiger charge is -2.29. The monoisotopic (exact) mass is 413 g/mol. The molecule has 8 heteroatoms. The van der Waals surface area contributed by atoms with Gasteiger partial charge in [0.2, 0.25) is 5.91 Å². The Morgan fingerprint density at radius 3 is 2.79 bits per heavy atom. The van der Waals surface area contributed by atoms with Crippen LogP contribution in [0.2, 0.25) is 5.02 Å². The van der Waals surface area contributed by atoms with E-state index in [0.29, 0.717) is 31.3 Å². The second-order valence-corrected chi connectivity index (χ2v) is 6.93. The minimum atomic E-state index is -0.634. The van der Waals surface area contributed by atoms with Crippen LogP contribution in [-0.2, 0) is 9.53 Å². The Morgan fingerprint density at radius 2 is 2.08 bits per heavy atom. The van der Waals surface area contributed by atoms with Gasteiger partial charge in [-0.3, -0.25) is 9.59 Å². The summed E-state index contributed by atoms with van der Waals surface area (Å²) in [6.45, 7) is 3.80. The second-order valence-electron chi connectivity index (χ2n) is 5.64. The van der Waals surface area contributed by atoms with Crippen molar-refractivity contribution in [3.8, 4) is 0 Å². The van der Waals surface area contributed by atoms with Crippen LogP contribution in [0.15, 0.2) is 22.7 Å². The topological polar surface area (TPSA) is 74.4 Å². The van der Waals surface area contributed by atoms with E-state index >= 15 is 0 Å². The molecule has 128 valence electrons. The zero-order valence-corrected chi connectivity index (χ0v) is 15.4. The minimum absolute atomic E-state index is 0.123. The van der Waals surface area contributed by atoms with Crippen molar-refractivity contribution in [1.29, 1.82) is 0 Å². The van der Waals surface area contributed by atoms with Crippen molar-refractivity contribution in [2.75, 3.05) is 26.3 Å². The summed E-state index contributed by atoms with van der Waals surface area (Å²) in [4.78, 5) is 29.6. The zero-order valence-electron chi connectivity index (χ0n) is 13.1. The number of amides is 2. The first-order valence-corrected chi connectivity index (χ1v) is 8.78. The van der Waals surface area contributed by atoms with Gasteiger partial charge in [-0.25, -0.2) is 0 Å². The summed E-state index contributed by atoms with van der Waals surface area (Å²) in [7, 11) is 0. The zero-order chi connectivity index (χ0) is 17.3. The summed E-state index contributed by atoms with van der Waals surface area (Å²) in [5, 5.41) is 3.81. The number of ether oxygens (including phenoxy) is 1. The molecule has 2 amide bonds. The minimum Gasteiger partial charge on any atom is -0.378 e. The third-order valence-electron chi connectivity index (χ3n) is 3.97. The third kappa shape index (κ3) is 3.43. The van der Waals surface area contributed by atoms with Gasteiger partial charge in [0.25, 0.3) is 5.91 Å². The number of H-pyrrole nitrogens is 1. The maximum Gasteiger partial charge on any atom is 0.269 e. The van der Waals surface area contributed by atoms with E-state index in [-0.39, 0.29) is 11.6 Å². The summed E-state index contributed by atoms with van der Waals surface area (Å²) in [6, 6.07) is 4.91. The number of halogens is 2. The van der Waals surface area contributed by atoms with Crippen LogP contribution in [0, 0.1) is 0 Å². The standard InChI is InChI=1S/C16H17BrClN3O3/c1-9(16(23)21-4-6-24-7-5-21)19-15(22)14-13(18)11-8-10(17)2-3-12(11)20-14/h2-3,8-9,20H,4-7H2,1H3,(H,19,22)/t9-/m1/s1. The summed E-state index contributed by atoms with van der Waals surface area (Å²) in [5.74, 6) is -0.525. The van der Waals surface area contributed by atoms with Gasteiger partial charge in [-0.05, 0) is 25.1 Å². The van der Waals surface area contributed by atoms with E-state index in [9.17, 15) is 9.59 Å². The first kappa shape index (κ1) is 17.3. The van der Waals surface area contributed by atoms with Crippen LogP contribution >= 0.6 is 27.5 Å². The highest BCUT2D eigenvalue weighted by atomic mass is 79.9. The molecule has 1 atom stereocenters. The average Bonchev–Trinajstić information content (AvgIpc) is 2.91. The quantitative estimate of drug-likeness (QED) is 0.810. The summed E-state index contributed by atoms with van der Waals surface area (Å²) in [6.07, 6.45) is 0. The largest absolute Gasteiger partial charge is 0.378 e. The van der Waals surface area contributed by atoms with E-state index in [1.807, 2.05) is 18.2 Å². The van der Waals surface area contributed by atoms with Crippen LogP contribution in [0.4, 0.5) is 0 Å². The van der Waals surface area contributed by atoms with E-state index in [4.69, 9.17) is 16.3 Å². The molecule has 2 aromatic rings. The first-order valence-electron chi connectivity index (χ1n) is 7.61.